The SMILES string of the molecule is CCc1nc(CNC(=O)c2cccn2C)cs1. The van der Waals surface area contributed by atoms with E-state index in [-0.39, 0.29) is 5.91 Å². The van der Waals surface area contributed by atoms with Crippen molar-refractivity contribution in [3.8, 4) is 0 Å². The quantitative estimate of drug-likeness (QED) is 0.900. The zero-order valence-corrected chi connectivity index (χ0v) is 10.8. The molecule has 0 fully saturated rings. The van der Waals surface area contributed by atoms with E-state index in [1.807, 2.05) is 24.7 Å². The highest BCUT2D eigenvalue weighted by atomic mass is 32.1. The first-order valence-electron chi connectivity index (χ1n) is 5.53. The highest BCUT2D eigenvalue weighted by Crippen LogP contribution is 2.10. The maximum absolute atomic E-state index is 11.8. The molecule has 0 spiro atoms. The standard InChI is InChI=1S/C12H15N3OS/c1-3-11-14-9(8-17-11)7-13-12(16)10-5-4-6-15(10)2/h4-6,8H,3,7H2,1-2H3,(H,13,16). The summed E-state index contributed by atoms with van der Waals surface area (Å²) in [7, 11) is 1.85. The number of carbonyl (C=O) groups is 1. The molecule has 4 nitrogen and oxygen atoms in total. The largest absolute Gasteiger partial charge is 0.347 e. The van der Waals surface area contributed by atoms with Crippen LogP contribution in [0.15, 0.2) is 23.7 Å². The van der Waals surface area contributed by atoms with Crippen LogP contribution in [0.25, 0.3) is 0 Å². The molecule has 0 unspecified atom stereocenters. The average molecular weight is 249 g/mol. The van der Waals surface area contributed by atoms with Crippen LogP contribution < -0.4 is 5.32 Å². The first-order chi connectivity index (χ1) is 8.20. The van der Waals surface area contributed by atoms with Crippen molar-refractivity contribution in [1.29, 1.82) is 0 Å². The van der Waals surface area contributed by atoms with Gasteiger partial charge in [0.15, 0.2) is 0 Å². The lowest BCUT2D eigenvalue weighted by molar-refractivity contribution is 0.0942. The fraction of sp³-hybridized carbons (Fsp3) is 0.333. The number of carbonyl (C=O) groups excluding carboxylic acids is 1. The zero-order chi connectivity index (χ0) is 12.3. The summed E-state index contributed by atoms with van der Waals surface area (Å²) in [6.45, 7) is 2.56. The van der Waals surface area contributed by atoms with E-state index < -0.39 is 0 Å². The molecule has 0 radical (unpaired) electrons. The summed E-state index contributed by atoms with van der Waals surface area (Å²) in [5.74, 6) is -0.0662. The van der Waals surface area contributed by atoms with Gasteiger partial charge < -0.3 is 9.88 Å². The number of hydrogen-bond donors (Lipinski definition) is 1. The summed E-state index contributed by atoms with van der Waals surface area (Å²) >= 11 is 1.63. The molecule has 0 aliphatic carbocycles. The molecular weight excluding hydrogens is 234 g/mol. The topological polar surface area (TPSA) is 46.9 Å². The Bertz CT molecular complexity index is 515. The van der Waals surface area contributed by atoms with Gasteiger partial charge in [0.05, 0.1) is 17.2 Å². The fourth-order valence-corrected chi connectivity index (χ4v) is 2.30. The summed E-state index contributed by atoms with van der Waals surface area (Å²) in [5, 5.41) is 5.96. The number of hydrogen-bond acceptors (Lipinski definition) is 3. The van der Waals surface area contributed by atoms with Crippen molar-refractivity contribution in [3.05, 3.63) is 40.1 Å². The minimum atomic E-state index is -0.0662. The smallest absolute Gasteiger partial charge is 0.268 e. The molecule has 2 rings (SSSR count). The van der Waals surface area contributed by atoms with Gasteiger partial charge in [0.1, 0.15) is 5.69 Å². The van der Waals surface area contributed by atoms with Gasteiger partial charge in [0, 0.05) is 18.6 Å². The molecular formula is C12H15N3OS. The number of rotatable bonds is 4. The predicted octanol–water partition coefficient (Wildman–Crippen LogP) is 1.97. The van der Waals surface area contributed by atoms with Gasteiger partial charge in [-0.3, -0.25) is 4.79 Å². The predicted molar refractivity (Wildman–Crippen MR) is 68.1 cm³/mol. The minimum Gasteiger partial charge on any atom is -0.347 e. The van der Waals surface area contributed by atoms with Gasteiger partial charge in [-0.05, 0) is 18.6 Å². The van der Waals surface area contributed by atoms with E-state index in [2.05, 4.69) is 17.2 Å². The fourth-order valence-electron chi connectivity index (χ4n) is 1.55. The van der Waals surface area contributed by atoms with Crippen LogP contribution in [0.1, 0.15) is 28.1 Å². The van der Waals surface area contributed by atoms with Gasteiger partial charge in [0.25, 0.3) is 5.91 Å². The summed E-state index contributed by atoms with van der Waals surface area (Å²) in [5.41, 5.74) is 1.59. The second-order valence-corrected chi connectivity index (χ2v) is 4.72. The van der Waals surface area contributed by atoms with E-state index in [4.69, 9.17) is 0 Å². The van der Waals surface area contributed by atoms with E-state index in [1.54, 1.807) is 22.0 Å². The van der Waals surface area contributed by atoms with E-state index in [9.17, 15) is 4.79 Å². The van der Waals surface area contributed by atoms with Crippen LogP contribution in [-0.2, 0) is 20.0 Å². The van der Waals surface area contributed by atoms with Gasteiger partial charge in [-0.1, -0.05) is 6.92 Å². The Labute approximate surface area is 104 Å². The van der Waals surface area contributed by atoms with Crippen LogP contribution in [0.4, 0.5) is 0 Å². The third kappa shape index (κ3) is 2.74. The van der Waals surface area contributed by atoms with E-state index in [1.165, 1.54) is 0 Å². The number of nitrogens with zero attached hydrogens (tertiary/aromatic N) is 2. The Morgan fingerprint density at radius 3 is 3.00 bits per heavy atom. The molecule has 2 aromatic heterocycles. The summed E-state index contributed by atoms with van der Waals surface area (Å²) in [6, 6.07) is 3.65. The molecule has 2 aromatic rings. The lowest BCUT2D eigenvalue weighted by atomic mass is 10.4. The molecule has 0 saturated heterocycles. The van der Waals surface area contributed by atoms with Gasteiger partial charge in [-0.15, -0.1) is 11.3 Å². The first kappa shape index (κ1) is 11.9. The van der Waals surface area contributed by atoms with Crippen LogP contribution >= 0.6 is 11.3 Å². The maximum Gasteiger partial charge on any atom is 0.268 e. The normalized spacial score (nSPS) is 10.5. The van der Waals surface area contributed by atoms with Crippen LogP contribution in [0.5, 0.6) is 0 Å². The monoisotopic (exact) mass is 249 g/mol. The first-order valence-corrected chi connectivity index (χ1v) is 6.41. The summed E-state index contributed by atoms with van der Waals surface area (Å²) < 4.78 is 1.80. The number of nitrogens with one attached hydrogen (secondary N) is 1. The van der Waals surface area contributed by atoms with Crippen LogP contribution in [0.2, 0.25) is 0 Å². The number of aryl methyl sites for hydroxylation is 2. The van der Waals surface area contributed by atoms with Crippen molar-refractivity contribution in [2.45, 2.75) is 19.9 Å². The number of aromatic nitrogens is 2. The second kappa shape index (κ2) is 5.14. The Balaban J connectivity index is 1.94. The Kier molecular flexibility index (Phi) is 3.58. The van der Waals surface area contributed by atoms with Gasteiger partial charge in [-0.25, -0.2) is 4.98 Å². The molecule has 90 valence electrons. The molecule has 5 heteroatoms. The van der Waals surface area contributed by atoms with Crippen LogP contribution in [0.3, 0.4) is 0 Å². The Morgan fingerprint density at radius 1 is 1.59 bits per heavy atom. The Hall–Kier alpha value is -1.62. The molecule has 0 aliphatic rings. The van der Waals surface area contributed by atoms with Crippen molar-refractivity contribution in [3.63, 3.8) is 0 Å². The molecule has 2 heterocycles. The zero-order valence-electron chi connectivity index (χ0n) is 9.93. The van der Waals surface area contributed by atoms with Gasteiger partial charge in [-0.2, -0.15) is 0 Å². The average Bonchev–Trinajstić information content (AvgIpc) is 2.94. The molecule has 1 amide bonds. The van der Waals surface area contributed by atoms with E-state index in [0.717, 1.165) is 17.1 Å². The third-order valence-electron chi connectivity index (χ3n) is 2.51. The molecule has 0 aromatic carbocycles. The van der Waals surface area contributed by atoms with Crippen molar-refractivity contribution < 1.29 is 4.79 Å². The molecule has 0 aliphatic heterocycles. The van der Waals surface area contributed by atoms with E-state index >= 15 is 0 Å². The lowest BCUT2D eigenvalue weighted by Gasteiger charge is -2.04. The molecule has 17 heavy (non-hydrogen) atoms. The number of thiazole rings is 1. The maximum atomic E-state index is 11.8. The molecule has 0 saturated carbocycles. The van der Waals surface area contributed by atoms with Crippen molar-refractivity contribution in [2.75, 3.05) is 0 Å². The lowest BCUT2D eigenvalue weighted by Crippen LogP contribution is -2.24. The summed E-state index contributed by atoms with van der Waals surface area (Å²) in [4.78, 5) is 16.2. The molecule has 1 N–H and O–H groups in total. The molecule has 0 bridgehead atoms. The van der Waals surface area contributed by atoms with Crippen molar-refractivity contribution in [2.24, 2.45) is 7.05 Å². The molecule has 0 atom stereocenters. The minimum absolute atomic E-state index is 0.0662. The van der Waals surface area contributed by atoms with Gasteiger partial charge in [0.2, 0.25) is 0 Å². The van der Waals surface area contributed by atoms with Gasteiger partial charge >= 0.3 is 0 Å². The summed E-state index contributed by atoms with van der Waals surface area (Å²) in [6.07, 6.45) is 2.80. The van der Waals surface area contributed by atoms with E-state index in [0.29, 0.717) is 12.2 Å². The van der Waals surface area contributed by atoms with Crippen LogP contribution in [0, 0.1) is 0 Å². The van der Waals surface area contributed by atoms with Crippen molar-refractivity contribution in [1.82, 2.24) is 14.9 Å². The highest BCUT2D eigenvalue weighted by molar-refractivity contribution is 7.09. The number of amides is 1. The Morgan fingerprint density at radius 2 is 2.41 bits per heavy atom. The third-order valence-corrected chi connectivity index (χ3v) is 3.55. The van der Waals surface area contributed by atoms with Crippen molar-refractivity contribution >= 4 is 17.2 Å². The van der Waals surface area contributed by atoms with Crippen LogP contribution in [-0.4, -0.2) is 15.5 Å². The second-order valence-electron chi connectivity index (χ2n) is 3.77. The highest BCUT2D eigenvalue weighted by Gasteiger charge is 2.08.